The second-order valence-electron chi connectivity index (χ2n) is 3.75. The predicted octanol–water partition coefficient (Wildman–Crippen LogP) is 2.51. The topological polar surface area (TPSA) is 82.6 Å². The average Bonchev–Trinajstić information content (AvgIpc) is 2.35. The molecule has 130 valence electrons. The van der Waals surface area contributed by atoms with Gasteiger partial charge in [-0.2, -0.15) is 34.8 Å². The van der Waals surface area contributed by atoms with Crippen LogP contribution in [0.2, 0.25) is 0 Å². The van der Waals surface area contributed by atoms with Gasteiger partial charge in [0, 0.05) is 0 Å². The fourth-order valence-electron chi connectivity index (χ4n) is 1.18. The van der Waals surface area contributed by atoms with Crippen LogP contribution in [0.3, 0.4) is 0 Å². The highest BCUT2D eigenvalue weighted by Crippen LogP contribution is 2.33. The van der Waals surface area contributed by atoms with Crippen molar-refractivity contribution in [2.24, 2.45) is 0 Å². The minimum Gasteiger partial charge on any atom is -0.462 e. The Morgan fingerprint density at radius 1 is 1.17 bits per heavy atom. The molecular formula is C10H7F6NO5S. The van der Waals surface area contributed by atoms with E-state index in [1.807, 2.05) is 0 Å². The lowest BCUT2D eigenvalue weighted by atomic mass is 10.2. The molecule has 1 aromatic rings. The number of esters is 1. The molecule has 6 nitrogen and oxygen atoms in total. The van der Waals surface area contributed by atoms with Gasteiger partial charge >= 0.3 is 27.8 Å². The van der Waals surface area contributed by atoms with Crippen molar-refractivity contribution in [2.75, 3.05) is 6.61 Å². The zero-order valence-electron chi connectivity index (χ0n) is 11.0. The molecule has 0 fully saturated rings. The van der Waals surface area contributed by atoms with Gasteiger partial charge in [-0.1, -0.05) is 0 Å². The van der Waals surface area contributed by atoms with Crippen molar-refractivity contribution in [1.29, 1.82) is 0 Å². The Morgan fingerprint density at radius 2 is 1.74 bits per heavy atom. The van der Waals surface area contributed by atoms with Gasteiger partial charge in [0.05, 0.1) is 6.61 Å². The van der Waals surface area contributed by atoms with E-state index in [1.54, 1.807) is 0 Å². The average molecular weight is 367 g/mol. The van der Waals surface area contributed by atoms with Crippen molar-refractivity contribution in [1.82, 2.24) is 4.98 Å². The van der Waals surface area contributed by atoms with Crippen LogP contribution in [0.5, 0.6) is 5.88 Å². The van der Waals surface area contributed by atoms with Crippen molar-refractivity contribution >= 4 is 16.1 Å². The minimum atomic E-state index is -6.32. The molecule has 0 amide bonds. The molecule has 23 heavy (non-hydrogen) atoms. The van der Waals surface area contributed by atoms with Gasteiger partial charge in [-0.3, -0.25) is 0 Å². The standard InChI is InChI=1S/C10H7F6NO5S/c1-2-21-8(18)5-3-4-6(9(11,12)13)17-7(5)22-23(19,20)10(14,15)16/h3-4H,2H2,1H3. The molecule has 0 spiro atoms. The van der Waals surface area contributed by atoms with E-state index in [4.69, 9.17) is 0 Å². The van der Waals surface area contributed by atoms with E-state index in [1.165, 1.54) is 6.92 Å². The summed E-state index contributed by atoms with van der Waals surface area (Å²) in [4.78, 5) is 14.1. The van der Waals surface area contributed by atoms with Crippen LogP contribution < -0.4 is 4.18 Å². The lowest BCUT2D eigenvalue weighted by Crippen LogP contribution is -2.29. The molecule has 0 bridgehead atoms. The van der Waals surface area contributed by atoms with Crippen LogP contribution in [0.4, 0.5) is 26.3 Å². The van der Waals surface area contributed by atoms with E-state index in [0.717, 1.165) is 0 Å². The second kappa shape index (κ2) is 6.22. The molecule has 1 aromatic heterocycles. The van der Waals surface area contributed by atoms with Crippen LogP contribution >= 0.6 is 0 Å². The molecule has 0 aromatic carbocycles. The number of alkyl halides is 6. The third-order valence-corrected chi connectivity index (χ3v) is 3.06. The third-order valence-electron chi connectivity index (χ3n) is 2.12. The number of hydrogen-bond donors (Lipinski definition) is 0. The molecule has 0 atom stereocenters. The minimum absolute atomic E-state index is 0.263. The van der Waals surface area contributed by atoms with Crippen molar-refractivity contribution < 1.29 is 48.5 Å². The Hall–Kier alpha value is -2.05. The first-order chi connectivity index (χ1) is 10.3. The van der Waals surface area contributed by atoms with Gasteiger partial charge in [-0.05, 0) is 19.1 Å². The molecule has 0 aliphatic heterocycles. The van der Waals surface area contributed by atoms with E-state index < -0.39 is 44.9 Å². The molecule has 0 aliphatic rings. The summed E-state index contributed by atoms with van der Waals surface area (Å²) in [6.45, 7) is 1.04. The van der Waals surface area contributed by atoms with E-state index in [-0.39, 0.29) is 12.7 Å². The first kappa shape index (κ1) is 19.0. The monoisotopic (exact) mass is 367 g/mol. The molecular weight excluding hydrogens is 360 g/mol. The van der Waals surface area contributed by atoms with E-state index in [0.29, 0.717) is 6.07 Å². The molecule has 1 heterocycles. The van der Waals surface area contributed by atoms with Gasteiger partial charge in [-0.25, -0.2) is 9.78 Å². The SMILES string of the molecule is CCOC(=O)c1ccc(C(F)(F)F)nc1OS(=O)(=O)C(F)(F)F. The lowest BCUT2D eigenvalue weighted by Gasteiger charge is -2.13. The molecule has 0 N–H and O–H groups in total. The van der Waals surface area contributed by atoms with Crippen molar-refractivity contribution in [2.45, 2.75) is 18.6 Å². The molecule has 0 radical (unpaired) electrons. The summed E-state index contributed by atoms with van der Waals surface area (Å²) in [5.74, 6) is -3.09. The summed E-state index contributed by atoms with van der Waals surface area (Å²) < 4.78 is 104. The van der Waals surface area contributed by atoms with E-state index in [2.05, 4.69) is 13.9 Å². The van der Waals surface area contributed by atoms with Crippen molar-refractivity contribution in [3.63, 3.8) is 0 Å². The van der Waals surface area contributed by atoms with Gasteiger partial charge in [0.25, 0.3) is 0 Å². The number of ether oxygens (including phenoxy) is 1. The van der Waals surface area contributed by atoms with Crippen LogP contribution in [-0.4, -0.2) is 31.5 Å². The predicted molar refractivity (Wildman–Crippen MR) is 60.8 cm³/mol. The smallest absolute Gasteiger partial charge is 0.462 e. The highest BCUT2D eigenvalue weighted by molar-refractivity contribution is 7.87. The summed E-state index contributed by atoms with van der Waals surface area (Å²) in [6.07, 6.45) is -5.10. The zero-order valence-corrected chi connectivity index (χ0v) is 11.8. The summed E-state index contributed by atoms with van der Waals surface area (Å²) in [5.41, 5.74) is -8.68. The molecule has 13 heteroatoms. The van der Waals surface area contributed by atoms with E-state index >= 15 is 0 Å². The summed E-state index contributed by atoms with van der Waals surface area (Å²) >= 11 is 0. The third kappa shape index (κ3) is 4.46. The molecule has 0 aliphatic carbocycles. The number of rotatable bonds is 4. The van der Waals surface area contributed by atoms with E-state index in [9.17, 15) is 39.6 Å². The largest absolute Gasteiger partial charge is 0.534 e. The zero-order chi connectivity index (χ0) is 18.1. The molecule has 0 saturated carbocycles. The van der Waals surface area contributed by atoms with Crippen molar-refractivity contribution in [3.8, 4) is 5.88 Å². The maximum Gasteiger partial charge on any atom is 0.534 e. The number of pyridine rings is 1. The van der Waals surface area contributed by atoms with Crippen molar-refractivity contribution in [3.05, 3.63) is 23.4 Å². The first-order valence-electron chi connectivity index (χ1n) is 5.55. The van der Waals surface area contributed by atoms with Gasteiger partial charge < -0.3 is 8.92 Å². The number of nitrogens with zero attached hydrogens (tertiary/aromatic N) is 1. The summed E-state index contributed by atoms with van der Waals surface area (Å²) in [5, 5.41) is 0. The summed E-state index contributed by atoms with van der Waals surface area (Å²) in [7, 11) is -6.32. The molecule has 0 saturated heterocycles. The fourth-order valence-corrected chi connectivity index (χ4v) is 1.61. The Kier molecular flexibility index (Phi) is 5.13. The number of halogens is 6. The lowest BCUT2D eigenvalue weighted by molar-refractivity contribution is -0.141. The maximum absolute atomic E-state index is 12.5. The van der Waals surface area contributed by atoms with Gasteiger partial charge in [0.1, 0.15) is 11.3 Å². The summed E-state index contributed by atoms with van der Waals surface area (Å²) in [6, 6.07) is 0.661. The quantitative estimate of drug-likeness (QED) is 0.352. The highest BCUT2D eigenvalue weighted by atomic mass is 32.2. The highest BCUT2D eigenvalue weighted by Gasteiger charge is 2.49. The fraction of sp³-hybridized carbons (Fsp3) is 0.400. The van der Waals surface area contributed by atoms with Gasteiger partial charge in [0.15, 0.2) is 0 Å². The Morgan fingerprint density at radius 3 is 2.17 bits per heavy atom. The number of carbonyl (C=O) groups excluding carboxylic acids is 1. The van der Waals surface area contributed by atoms with Crippen LogP contribution in [-0.2, 0) is 21.0 Å². The van der Waals surface area contributed by atoms with Gasteiger partial charge in [0.2, 0.25) is 5.88 Å². The molecule has 1 rings (SSSR count). The maximum atomic E-state index is 12.5. The normalized spacial score (nSPS) is 12.8. The molecule has 0 unspecified atom stereocenters. The second-order valence-corrected chi connectivity index (χ2v) is 5.29. The Bertz CT molecular complexity index is 697. The number of aromatic nitrogens is 1. The number of hydrogen-bond acceptors (Lipinski definition) is 6. The van der Waals surface area contributed by atoms with Crippen LogP contribution in [0.25, 0.3) is 0 Å². The number of carbonyl (C=O) groups is 1. The Balaban J connectivity index is 3.43. The van der Waals surface area contributed by atoms with Crippen LogP contribution in [0.15, 0.2) is 12.1 Å². The van der Waals surface area contributed by atoms with Crippen LogP contribution in [0, 0.1) is 0 Å². The first-order valence-corrected chi connectivity index (χ1v) is 6.96. The Labute approximate surface area is 125 Å². The van der Waals surface area contributed by atoms with Crippen LogP contribution in [0.1, 0.15) is 23.0 Å². The van der Waals surface area contributed by atoms with Gasteiger partial charge in [-0.15, -0.1) is 0 Å².